The summed E-state index contributed by atoms with van der Waals surface area (Å²) in [4.78, 5) is 22.5. The minimum atomic E-state index is -0.807. The molecule has 0 radical (unpaired) electrons. The summed E-state index contributed by atoms with van der Waals surface area (Å²) >= 11 is 5.21. The lowest BCUT2D eigenvalue weighted by atomic mass is 9.95. The molecular weight excluding hydrogens is 450 g/mol. The van der Waals surface area contributed by atoms with Crippen molar-refractivity contribution >= 4 is 54.4 Å². The van der Waals surface area contributed by atoms with E-state index in [4.69, 9.17) is 4.98 Å². The average molecular weight is 470 g/mol. The first-order chi connectivity index (χ1) is 14.1. The molecule has 0 amide bonds. The molecule has 5 nitrogen and oxygen atoms in total. The lowest BCUT2D eigenvalue weighted by Crippen LogP contribution is -2.40. The van der Waals surface area contributed by atoms with Gasteiger partial charge in [0.25, 0.3) is 0 Å². The molecule has 1 saturated heterocycles. The summed E-state index contributed by atoms with van der Waals surface area (Å²) in [6, 6.07) is 13.4. The summed E-state index contributed by atoms with van der Waals surface area (Å²) in [5, 5.41) is 12.2. The minimum absolute atomic E-state index is 0.266. The Hall–Kier alpha value is -2.22. The van der Waals surface area contributed by atoms with Crippen molar-refractivity contribution in [3.05, 3.63) is 63.7 Å². The SMILES string of the molecule is O=C(O)[C@H](c1c[nH]c2cc(Br)ccc12)N1CCC[C@H](c2nc3ccccc3s2)C1. The van der Waals surface area contributed by atoms with Gasteiger partial charge in [-0.25, -0.2) is 4.98 Å². The van der Waals surface area contributed by atoms with Gasteiger partial charge in [-0.2, -0.15) is 0 Å². The van der Waals surface area contributed by atoms with E-state index < -0.39 is 12.0 Å². The number of nitrogens with one attached hydrogen (secondary N) is 1. The zero-order valence-electron chi connectivity index (χ0n) is 15.6. The quantitative estimate of drug-likeness (QED) is 0.411. The van der Waals surface area contributed by atoms with Crippen LogP contribution in [-0.2, 0) is 4.79 Å². The number of aliphatic carboxylic acids is 1. The number of fused-ring (bicyclic) bond motifs is 2. The number of carboxylic acids is 1. The molecular formula is C22H20BrN3O2S. The Morgan fingerprint density at radius 2 is 2.17 bits per heavy atom. The topological polar surface area (TPSA) is 69.2 Å². The number of H-pyrrole nitrogens is 1. The second-order valence-electron chi connectivity index (χ2n) is 7.53. The van der Waals surface area contributed by atoms with E-state index in [1.165, 1.54) is 4.70 Å². The van der Waals surface area contributed by atoms with Gasteiger partial charge in [-0.05, 0) is 43.7 Å². The molecule has 1 aliphatic rings. The van der Waals surface area contributed by atoms with E-state index in [9.17, 15) is 9.90 Å². The Balaban J connectivity index is 1.47. The van der Waals surface area contributed by atoms with Crippen LogP contribution in [0.1, 0.15) is 35.4 Å². The molecule has 0 aliphatic carbocycles. The Labute approximate surface area is 180 Å². The maximum absolute atomic E-state index is 12.3. The van der Waals surface area contributed by atoms with Crippen LogP contribution in [0.5, 0.6) is 0 Å². The fourth-order valence-electron chi connectivity index (χ4n) is 4.34. The van der Waals surface area contributed by atoms with E-state index in [2.05, 4.69) is 31.9 Å². The molecule has 2 aromatic carbocycles. The summed E-state index contributed by atoms with van der Waals surface area (Å²) in [6.07, 6.45) is 3.86. The molecule has 3 heterocycles. The number of benzene rings is 2. The third kappa shape index (κ3) is 3.47. The number of piperidine rings is 1. The van der Waals surface area contributed by atoms with Crippen LogP contribution in [0.4, 0.5) is 0 Å². The zero-order chi connectivity index (χ0) is 20.0. The molecule has 7 heteroatoms. The maximum Gasteiger partial charge on any atom is 0.325 e. The molecule has 0 bridgehead atoms. The number of aromatic nitrogens is 2. The number of para-hydroxylation sites is 1. The van der Waals surface area contributed by atoms with Crippen molar-refractivity contribution in [2.45, 2.75) is 24.8 Å². The number of hydrogen-bond donors (Lipinski definition) is 2. The fraction of sp³-hybridized carbons (Fsp3) is 0.273. The minimum Gasteiger partial charge on any atom is -0.480 e. The zero-order valence-corrected chi connectivity index (χ0v) is 18.0. The van der Waals surface area contributed by atoms with Crippen molar-refractivity contribution in [3.63, 3.8) is 0 Å². The van der Waals surface area contributed by atoms with Crippen LogP contribution < -0.4 is 0 Å². The van der Waals surface area contributed by atoms with Gasteiger partial charge in [0, 0.05) is 39.6 Å². The highest BCUT2D eigenvalue weighted by Crippen LogP contribution is 2.37. The molecule has 0 saturated carbocycles. The Bertz CT molecular complexity index is 1170. The molecule has 5 rings (SSSR count). The molecule has 1 fully saturated rings. The number of likely N-dealkylation sites (tertiary alicyclic amines) is 1. The van der Waals surface area contributed by atoms with Crippen molar-refractivity contribution in [1.29, 1.82) is 0 Å². The number of nitrogens with zero attached hydrogens (tertiary/aromatic N) is 2. The van der Waals surface area contributed by atoms with Gasteiger partial charge in [0.05, 0.1) is 15.2 Å². The first-order valence-corrected chi connectivity index (χ1v) is 11.3. The molecule has 4 aromatic rings. The van der Waals surface area contributed by atoms with Crippen molar-refractivity contribution in [3.8, 4) is 0 Å². The summed E-state index contributed by atoms with van der Waals surface area (Å²) in [7, 11) is 0. The van der Waals surface area contributed by atoms with Crippen molar-refractivity contribution < 1.29 is 9.90 Å². The summed E-state index contributed by atoms with van der Waals surface area (Å²) < 4.78 is 2.16. The van der Waals surface area contributed by atoms with E-state index >= 15 is 0 Å². The van der Waals surface area contributed by atoms with Crippen LogP contribution in [-0.4, -0.2) is 39.0 Å². The molecule has 2 atom stereocenters. The number of carboxylic acid groups (broad SMARTS) is 1. The highest BCUT2D eigenvalue weighted by Gasteiger charge is 2.34. The summed E-state index contributed by atoms with van der Waals surface area (Å²) in [5.41, 5.74) is 2.80. The number of thiazole rings is 1. The fourth-order valence-corrected chi connectivity index (χ4v) is 5.79. The maximum atomic E-state index is 12.3. The van der Waals surface area contributed by atoms with Crippen molar-refractivity contribution in [2.75, 3.05) is 13.1 Å². The van der Waals surface area contributed by atoms with Gasteiger partial charge in [0.1, 0.15) is 6.04 Å². The second-order valence-corrected chi connectivity index (χ2v) is 9.51. The number of carbonyl (C=O) groups is 1. The Kier molecular flexibility index (Phi) is 4.89. The van der Waals surface area contributed by atoms with E-state index in [1.807, 2.05) is 42.6 Å². The van der Waals surface area contributed by atoms with E-state index in [1.54, 1.807) is 11.3 Å². The van der Waals surface area contributed by atoms with Crippen LogP contribution in [0.2, 0.25) is 0 Å². The number of rotatable bonds is 4. The number of halogens is 1. The largest absolute Gasteiger partial charge is 0.480 e. The molecule has 2 aromatic heterocycles. The second kappa shape index (κ2) is 7.55. The van der Waals surface area contributed by atoms with Crippen molar-refractivity contribution in [2.24, 2.45) is 0 Å². The van der Waals surface area contributed by atoms with E-state index in [-0.39, 0.29) is 5.92 Å². The first-order valence-electron chi connectivity index (χ1n) is 9.69. The van der Waals surface area contributed by atoms with Gasteiger partial charge >= 0.3 is 5.97 Å². The van der Waals surface area contributed by atoms with Gasteiger partial charge in [0.15, 0.2) is 0 Å². The Morgan fingerprint density at radius 3 is 3.00 bits per heavy atom. The molecule has 2 N–H and O–H groups in total. The summed E-state index contributed by atoms with van der Waals surface area (Å²) in [5.74, 6) is -0.541. The van der Waals surface area contributed by atoms with E-state index in [0.717, 1.165) is 50.8 Å². The van der Waals surface area contributed by atoms with Crippen LogP contribution in [0, 0.1) is 0 Å². The smallest absolute Gasteiger partial charge is 0.325 e. The molecule has 0 unspecified atom stereocenters. The van der Waals surface area contributed by atoms with Crippen LogP contribution in [0.3, 0.4) is 0 Å². The van der Waals surface area contributed by atoms with Crippen LogP contribution in [0.15, 0.2) is 53.1 Å². The predicted octanol–water partition coefficient (Wildman–Crippen LogP) is 5.55. The van der Waals surface area contributed by atoms with Gasteiger partial charge < -0.3 is 10.1 Å². The standard InChI is InChI=1S/C22H20BrN3O2S/c23-14-7-8-15-16(11-24-18(15)10-14)20(22(27)28)26-9-3-4-13(12-26)21-25-17-5-1-2-6-19(17)29-21/h1-2,5-8,10-11,13,20,24H,3-4,9,12H2,(H,27,28)/t13-,20-/m0/s1. The normalized spacial score (nSPS) is 19.0. The number of hydrogen-bond acceptors (Lipinski definition) is 4. The predicted molar refractivity (Wildman–Crippen MR) is 120 cm³/mol. The van der Waals surface area contributed by atoms with Gasteiger partial charge in [-0.15, -0.1) is 11.3 Å². The van der Waals surface area contributed by atoms with E-state index in [0.29, 0.717) is 6.54 Å². The highest BCUT2D eigenvalue weighted by atomic mass is 79.9. The average Bonchev–Trinajstić information content (AvgIpc) is 3.32. The van der Waals surface area contributed by atoms with Gasteiger partial charge in [-0.1, -0.05) is 34.1 Å². The monoisotopic (exact) mass is 469 g/mol. The Morgan fingerprint density at radius 1 is 1.31 bits per heavy atom. The van der Waals surface area contributed by atoms with Crippen LogP contribution in [0.25, 0.3) is 21.1 Å². The highest BCUT2D eigenvalue weighted by molar-refractivity contribution is 9.10. The van der Waals surface area contributed by atoms with Gasteiger partial charge in [0.2, 0.25) is 0 Å². The molecule has 29 heavy (non-hydrogen) atoms. The number of aromatic amines is 1. The molecule has 1 aliphatic heterocycles. The third-order valence-electron chi connectivity index (χ3n) is 5.68. The first kappa shape index (κ1) is 18.8. The van der Waals surface area contributed by atoms with Crippen molar-refractivity contribution in [1.82, 2.24) is 14.9 Å². The van der Waals surface area contributed by atoms with Gasteiger partial charge in [-0.3, -0.25) is 9.69 Å². The lowest BCUT2D eigenvalue weighted by Gasteiger charge is -2.35. The molecule has 0 spiro atoms. The lowest BCUT2D eigenvalue weighted by molar-refractivity contribution is -0.144. The third-order valence-corrected chi connectivity index (χ3v) is 7.37. The summed E-state index contributed by atoms with van der Waals surface area (Å²) in [6.45, 7) is 1.49. The van der Waals surface area contributed by atoms with Crippen LogP contribution >= 0.6 is 27.3 Å². The molecule has 148 valence electrons.